The highest BCUT2D eigenvalue weighted by atomic mass is 16.6. The van der Waals surface area contributed by atoms with Crippen LogP contribution in [0.3, 0.4) is 0 Å². The van der Waals surface area contributed by atoms with Crippen LogP contribution in [0.1, 0.15) is 116 Å². The number of amides is 6. The maximum absolute atomic E-state index is 13.9. The lowest BCUT2D eigenvalue weighted by Crippen LogP contribution is -2.56. The molecule has 1 aliphatic carbocycles. The van der Waals surface area contributed by atoms with Crippen LogP contribution in [0.15, 0.2) is 23.0 Å². The average molecular weight is 806 g/mol. The highest BCUT2D eigenvalue weighted by Gasteiger charge is 2.45. The number of ether oxygens (including phenoxy) is 1. The molecule has 16 heteroatoms. The number of rotatable bonds is 11. The molecule has 5 atom stereocenters. The van der Waals surface area contributed by atoms with Gasteiger partial charge in [-0.3, -0.25) is 43.2 Å². The first kappa shape index (κ1) is 42.6. The summed E-state index contributed by atoms with van der Waals surface area (Å²) < 4.78 is 8.54. The summed E-state index contributed by atoms with van der Waals surface area (Å²) in [7, 11) is 1.70. The quantitative estimate of drug-likeness (QED) is 0.225. The molecule has 16 nitrogen and oxygen atoms in total. The van der Waals surface area contributed by atoms with Crippen molar-refractivity contribution in [2.45, 2.75) is 141 Å². The molecule has 1 aromatic heterocycles. The van der Waals surface area contributed by atoms with Crippen LogP contribution in [0.25, 0.3) is 11.0 Å². The summed E-state index contributed by atoms with van der Waals surface area (Å²) in [5.41, 5.74) is 6.75. The molecule has 1 saturated carbocycles. The number of hydrogen-bond acceptors (Lipinski definition) is 9. The fourth-order valence-corrected chi connectivity index (χ4v) is 9.33. The van der Waals surface area contributed by atoms with Crippen molar-refractivity contribution in [2.24, 2.45) is 30.5 Å². The van der Waals surface area contributed by atoms with Gasteiger partial charge in [0, 0.05) is 45.4 Å². The Morgan fingerprint density at radius 2 is 1.66 bits per heavy atom. The Balaban J connectivity index is 1.01. The first-order chi connectivity index (χ1) is 27.4. The molecule has 4 heterocycles. The van der Waals surface area contributed by atoms with Crippen LogP contribution in [0, 0.1) is 17.8 Å². The zero-order valence-electron chi connectivity index (χ0n) is 34.4. The molecule has 1 aromatic carbocycles. The second-order valence-corrected chi connectivity index (χ2v) is 17.9. The third-order valence-electron chi connectivity index (χ3n) is 12.4. The van der Waals surface area contributed by atoms with Gasteiger partial charge in [0.2, 0.25) is 35.4 Å². The zero-order chi connectivity index (χ0) is 42.1. The van der Waals surface area contributed by atoms with Gasteiger partial charge in [-0.25, -0.2) is 9.59 Å². The molecule has 58 heavy (non-hydrogen) atoms. The van der Waals surface area contributed by atoms with E-state index >= 15 is 0 Å². The average Bonchev–Trinajstić information content (AvgIpc) is 3.68. The van der Waals surface area contributed by atoms with E-state index in [0.717, 1.165) is 43.2 Å². The number of piperidine rings is 1. The van der Waals surface area contributed by atoms with E-state index in [0.29, 0.717) is 43.7 Å². The van der Waals surface area contributed by atoms with Crippen molar-refractivity contribution < 1.29 is 38.3 Å². The Morgan fingerprint density at radius 3 is 2.33 bits per heavy atom. The molecule has 316 valence electrons. The maximum atomic E-state index is 13.9. The number of imidazole rings is 1. The van der Waals surface area contributed by atoms with Crippen LogP contribution in [0.5, 0.6) is 0 Å². The fraction of sp³-hybridized carbons (Fsp3) is 0.667. The molecule has 0 bridgehead atoms. The number of fused-ring (bicyclic) bond motifs is 2. The Labute approximate surface area is 338 Å². The smallest absolute Gasteiger partial charge is 0.329 e. The predicted octanol–water partition coefficient (Wildman–Crippen LogP) is 2.38. The monoisotopic (exact) mass is 805 g/mol. The lowest BCUT2D eigenvalue weighted by atomic mass is 9.78. The number of nitrogens with two attached hydrogens (primary N) is 1. The molecule has 0 spiro atoms. The van der Waals surface area contributed by atoms with Crippen molar-refractivity contribution in [2.75, 3.05) is 13.1 Å². The van der Waals surface area contributed by atoms with Crippen LogP contribution < -0.4 is 22.1 Å². The molecule has 4 N–H and O–H groups in total. The molecule has 1 unspecified atom stereocenters. The van der Waals surface area contributed by atoms with Gasteiger partial charge in [0.15, 0.2) is 0 Å². The van der Waals surface area contributed by atoms with Crippen LogP contribution >= 0.6 is 0 Å². The number of benzene rings is 1. The van der Waals surface area contributed by atoms with Crippen LogP contribution in [0.2, 0.25) is 0 Å². The van der Waals surface area contributed by atoms with Gasteiger partial charge in [0.25, 0.3) is 0 Å². The van der Waals surface area contributed by atoms with Gasteiger partial charge in [0.1, 0.15) is 23.7 Å². The lowest BCUT2D eigenvalue weighted by Gasteiger charge is -2.38. The molecule has 4 fully saturated rings. The van der Waals surface area contributed by atoms with Gasteiger partial charge in [-0.15, -0.1) is 0 Å². The number of hydrogen-bond donors (Lipinski definition) is 3. The van der Waals surface area contributed by atoms with Crippen molar-refractivity contribution in [1.82, 2.24) is 29.6 Å². The summed E-state index contributed by atoms with van der Waals surface area (Å²) in [5, 5.41) is 5.09. The molecule has 4 aliphatic rings. The van der Waals surface area contributed by atoms with Crippen molar-refractivity contribution in [3.8, 4) is 0 Å². The second kappa shape index (κ2) is 17.5. The van der Waals surface area contributed by atoms with Gasteiger partial charge in [-0.2, -0.15) is 0 Å². The Bertz CT molecular complexity index is 2010. The van der Waals surface area contributed by atoms with E-state index in [1.165, 1.54) is 4.57 Å². The van der Waals surface area contributed by atoms with E-state index in [9.17, 15) is 38.4 Å². The minimum Gasteiger partial charge on any atom is -0.458 e. The third-order valence-corrected chi connectivity index (χ3v) is 12.4. The topological polar surface area (TPSA) is 212 Å². The molecular formula is C42H59N7O9. The number of nitrogens with one attached hydrogen (secondary N) is 2. The van der Waals surface area contributed by atoms with Crippen molar-refractivity contribution in [3.05, 3.63) is 34.2 Å². The predicted molar refractivity (Wildman–Crippen MR) is 213 cm³/mol. The summed E-state index contributed by atoms with van der Waals surface area (Å²) in [6.45, 7) is 7.67. The number of esters is 1. The third kappa shape index (κ3) is 9.63. The highest BCUT2D eigenvalue weighted by Crippen LogP contribution is 2.35. The van der Waals surface area contributed by atoms with E-state index in [1.807, 2.05) is 23.1 Å². The van der Waals surface area contributed by atoms with Gasteiger partial charge in [-0.05, 0) is 115 Å². The Kier molecular flexibility index (Phi) is 12.8. The number of aryl methyl sites for hydroxylation is 1. The van der Waals surface area contributed by atoms with E-state index in [1.54, 1.807) is 44.2 Å². The van der Waals surface area contributed by atoms with E-state index < -0.39 is 53.3 Å². The minimum atomic E-state index is -1.09. The SMILES string of the molecule is C[C@H]1CN(C(=O)C[C@H]2CC[C@@H](Cc3ccc4c(c3)n(C)c(=O)n4C3CCC(=O)NC3=O)CC2)CC[C@H]2CC[C@@H](C(=O)N[C@@H](CCC(N)=O)C(=O)OC(C)(C)C)N2C1=O. The largest absolute Gasteiger partial charge is 0.458 e. The van der Waals surface area contributed by atoms with Crippen molar-refractivity contribution >= 4 is 52.4 Å². The molecule has 3 saturated heterocycles. The van der Waals surface area contributed by atoms with E-state index in [2.05, 4.69) is 10.6 Å². The van der Waals surface area contributed by atoms with Gasteiger partial charge in [0.05, 0.1) is 17.0 Å². The Hall–Kier alpha value is -5.02. The highest BCUT2D eigenvalue weighted by molar-refractivity contribution is 6.00. The number of carbonyl (C=O) groups excluding carboxylic acids is 7. The summed E-state index contributed by atoms with van der Waals surface area (Å²) in [6, 6.07) is 3.12. The molecule has 2 aromatic rings. The van der Waals surface area contributed by atoms with E-state index in [-0.39, 0.29) is 67.6 Å². The second-order valence-electron chi connectivity index (χ2n) is 17.9. The normalized spacial score (nSPS) is 26.1. The number of primary amides is 1. The molecular weight excluding hydrogens is 747 g/mol. The number of nitrogens with zero attached hydrogens (tertiary/aromatic N) is 4. The number of carbonyl (C=O) groups is 7. The van der Waals surface area contributed by atoms with Crippen molar-refractivity contribution in [1.29, 1.82) is 0 Å². The molecule has 0 radical (unpaired) electrons. The summed E-state index contributed by atoms with van der Waals surface area (Å²) in [4.78, 5) is 107. The minimum absolute atomic E-state index is 0.0144. The van der Waals surface area contributed by atoms with Crippen molar-refractivity contribution in [3.63, 3.8) is 0 Å². The van der Waals surface area contributed by atoms with Gasteiger partial charge >= 0.3 is 11.7 Å². The molecule has 6 rings (SSSR count). The summed E-state index contributed by atoms with van der Waals surface area (Å²) in [6.07, 6.45) is 6.95. The van der Waals surface area contributed by atoms with Gasteiger partial charge < -0.3 is 25.6 Å². The lowest BCUT2D eigenvalue weighted by molar-refractivity contribution is -0.159. The summed E-state index contributed by atoms with van der Waals surface area (Å²) in [5.74, 6) is -2.52. The number of imide groups is 1. The fourth-order valence-electron chi connectivity index (χ4n) is 9.33. The van der Waals surface area contributed by atoms with Crippen LogP contribution in [-0.4, -0.2) is 97.2 Å². The van der Waals surface area contributed by atoms with Gasteiger partial charge in [-0.1, -0.05) is 13.0 Å². The van der Waals surface area contributed by atoms with E-state index in [4.69, 9.17) is 10.5 Å². The van der Waals surface area contributed by atoms with Crippen LogP contribution in [-0.2, 0) is 51.8 Å². The number of aromatic nitrogens is 2. The first-order valence-corrected chi connectivity index (χ1v) is 20.8. The van der Waals surface area contributed by atoms with Crippen LogP contribution in [0.4, 0.5) is 0 Å². The Morgan fingerprint density at radius 1 is 0.948 bits per heavy atom. The standard InChI is InChI=1S/C42H59N7O9/c1-24-23-47(19-18-28-11-14-31(48(28)39(24)55)37(53)44-29(12-16-34(43)50)40(56)58-42(2,3)4)36(52)22-26-8-6-25(7-9-26)20-27-10-13-30-33(21-27)46(5)41(57)49(30)32-15-17-35(51)45-38(32)54/h10,13,21,24-26,28-29,31-32H,6-9,11-12,14-20,22-23H2,1-5H3,(H2,43,50)(H,44,53)(H,45,51,54)/t24-,25-,26+,28+,29-,31-,32?/m0/s1. The maximum Gasteiger partial charge on any atom is 0.329 e. The molecule has 6 amide bonds. The first-order valence-electron chi connectivity index (χ1n) is 20.8. The molecule has 3 aliphatic heterocycles. The zero-order valence-corrected chi connectivity index (χ0v) is 34.4. The summed E-state index contributed by atoms with van der Waals surface area (Å²) >= 11 is 0.